The quantitative estimate of drug-likeness (QED) is 0.825. The number of carbonyl (C=O) groups excluding carboxylic acids is 1. The van der Waals surface area contributed by atoms with E-state index in [2.05, 4.69) is 21.2 Å². The highest BCUT2D eigenvalue weighted by molar-refractivity contribution is 9.10. The zero-order valence-corrected chi connectivity index (χ0v) is 14.2. The van der Waals surface area contributed by atoms with Crippen LogP contribution in [-0.4, -0.2) is 49.4 Å². The van der Waals surface area contributed by atoms with Crippen molar-refractivity contribution >= 4 is 27.6 Å². The fraction of sp³-hybridized carbons (Fsp3) is 0.533. The Bertz CT molecular complexity index is 571. The molecule has 0 saturated carbocycles. The van der Waals surface area contributed by atoms with Crippen molar-refractivity contribution in [1.29, 1.82) is 0 Å². The molecule has 1 saturated heterocycles. The second-order valence-electron chi connectivity index (χ2n) is 5.57. The Balaban J connectivity index is 1.73. The Morgan fingerprint density at radius 1 is 1.18 bits per heavy atom. The van der Waals surface area contributed by atoms with Crippen molar-refractivity contribution in [2.24, 2.45) is 0 Å². The van der Waals surface area contributed by atoms with Gasteiger partial charge in [-0.3, -0.25) is 0 Å². The first-order valence-electron chi connectivity index (χ1n) is 7.33. The van der Waals surface area contributed by atoms with Crippen molar-refractivity contribution < 1.29 is 19.0 Å². The predicted octanol–water partition coefficient (Wildman–Crippen LogP) is 2.86. The summed E-state index contributed by atoms with van der Waals surface area (Å²) in [7, 11) is 0. The maximum Gasteiger partial charge on any atom is 0.322 e. The fourth-order valence-electron chi connectivity index (χ4n) is 2.70. The van der Waals surface area contributed by atoms with Crippen molar-refractivity contribution in [3.05, 3.63) is 16.6 Å². The Morgan fingerprint density at radius 2 is 1.77 bits per heavy atom. The van der Waals surface area contributed by atoms with Gasteiger partial charge in [-0.1, -0.05) is 0 Å². The number of fused-ring (bicyclic) bond motifs is 1. The Morgan fingerprint density at radius 3 is 2.41 bits per heavy atom. The third kappa shape index (κ3) is 3.30. The van der Waals surface area contributed by atoms with Crippen LogP contribution in [-0.2, 0) is 4.74 Å². The second-order valence-corrected chi connectivity index (χ2v) is 6.42. The average Bonchev–Trinajstić information content (AvgIpc) is 2.47. The lowest BCUT2D eigenvalue weighted by Gasteiger charge is -2.35. The van der Waals surface area contributed by atoms with Gasteiger partial charge in [0.05, 0.1) is 17.9 Å². The van der Waals surface area contributed by atoms with Crippen LogP contribution >= 0.6 is 15.9 Å². The molecule has 22 heavy (non-hydrogen) atoms. The maximum atomic E-state index is 12.4. The van der Waals surface area contributed by atoms with E-state index in [1.807, 2.05) is 19.9 Å². The maximum absolute atomic E-state index is 12.4. The molecule has 120 valence electrons. The van der Waals surface area contributed by atoms with E-state index in [9.17, 15) is 4.79 Å². The molecule has 2 aliphatic heterocycles. The first-order valence-corrected chi connectivity index (χ1v) is 8.13. The number of nitrogens with one attached hydrogen (secondary N) is 1. The number of nitrogens with zero attached hydrogens (tertiary/aromatic N) is 1. The number of benzene rings is 1. The standard InChI is InChI=1S/C15H19BrN2O4/c1-9-7-18(8-10(2)22-9)15(19)17-12-6-14-13(5-11(12)16)20-3-4-21-14/h5-6,9-10H,3-4,7-8H2,1-2H3,(H,17,19). The number of halogens is 1. The SMILES string of the molecule is CC1CN(C(=O)Nc2cc3c(cc2Br)OCCO3)CC(C)O1. The van der Waals surface area contributed by atoms with Crippen LogP contribution in [0, 0.1) is 0 Å². The Labute approximate surface area is 137 Å². The van der Waals surface area contributed by atoms with Crippen LogP contribution in [0.3, 0.4) is 0 Å². The molecule has 1 aromatic rings. The van der Waals surface area contributed by atoms with Gasteiger partial charge in [-0.05, 0) is 29.8 Å². The van der Waals surface area contributed by atoms with Crippen LogP contribution < -0.4 is 14.8 Å². The molecule has 2 heterocycles. The van der Waals surface area contributed by atoms with Gasteiger partial charge in [0.25, 0.3) is 0 Å². The van der Waals surface area contributed by atoms with Gasteiger partial charge in [0.1, 0.15) is 13.2 Å². The Kier molecular flexibility index (Phi) is 4.44. The van der Waals surface area contributed by atoms with Crippen molar-refractivity contribution in [3.8, 4) is 11.5 Å². The molecule has 1 N–H and O–H groups in total. The third-order valence-corrected chi connectivity index (χ3v) is 4.24. The van der Waals surface area contributed by atoms with E-state index in [1.54, 1.807) is 11.0 Å². The van der Waals surface area contributed by atoms with Gasteiger partial charge in [0.15, 0.2) is 11.5 Å². The van der Waals surface area contributed by atoms with E-state index in [1.165, 1.54) is 0 Å². The largest absolute Gasteiger partial charge is 0.486 e. The highest BCUT2D eigenvalue weighted by Gasteiger charge is 2.26. The number of rotatable bonds is 1. The number of ether oxygens (including phenoxy) is 3. The van der Waals surface area contributed by atoms with E-state index < -0.39 is 0 Å². The summed E-state index contributed by atoms with van der Waals surface area (Å²) in [4.78, 5) is 14.2. The first-order chi connectivity index (χ1) is 10.5. The monoisotopic (exact) mass is 370 g/mol. The summed E-state index contributed by atoms with van der Waals surface area (Å²) in [6.45, 7) is 6.15. The molecule has 3 rings (SSSR count). The van der Waals surface area contributed by atoms with Crippen molar-refractivity contribution in [2.75, 3.05) is 31.6 Å². The minimum Gasteiger partial charge on any atom is -0.486 e. The molecule has 2 unspecified atom stereocenters. The number of amides is 2. The van der Waals surface area contributed by atoms with E-state index >= 15 is 0 Å². The summed E-state index contributed by atoms with van der Waals surface area (Å²) < 4.78 is 17.5. The van der Waals surface area contributed by atoms with Gasteiger partial charge in [0, 0.05) is 29.7 Å². The molecule has 0 aromatic heterocycles. The number of anilines is 1. The lowest BCUT2D eigenvalue weighted by molar-refractivity contribution is -0.0530. The summed E-state index contributed by atoms with van der Waals surface area (Å²) in [5.74, 6) is 1.33. The molecule has 0 radical (unpaired) electrons. The minimum absolute atomic E-state index is 0.0400. The molecule has 2 aliphatic rings. The highest BCUT2D eigenvalue weighted by Crippen LogP contribution is 2.38. The van der Waals surface area contributed by atoms with Gasteiger partial charge in [-0.25, -0.2) is 4.79 Å². The van der Waals surface area contributed by atoms with Gasteiger partial charge >= 0.3 is 6.03 Å². The number of hydrogen-bond acceptors (Lipinski definition) is 4. The van der Waals surface area contributed by atoms with Gasteiger partial charge in [-0.2, -0.15) is 0 Å². The molecular weight excluding hydrogens is 352 g/mol. The normalized spacial score (nSPS) is 24.0. The molecule has 1 fully saturated rings. The Hall–Kier alpha value is -1.47. The molecule has 0 spiro atoms. The van der Waals surface area contributed by atoms with Crippen molar-refractivity contribution in [2.45, 2.75) is 26.1 Å². The lowest BCUT2D eigenvalue weighted by atomic mass is 10.2. The number of morpholine rings is 1. The lowest BCUT2D eigenvalue weighted by Crippen LogP contribution is -2.49. The van der Waals surface area contributed by atoms with Crippen LogP contribution in [0.2, 0.25) is 0 Å². The molecule has 6 nitrogen and oxygen atoms in total. The molecule has 1 aromatic carbocycles. The second kappa shape index (κ2) is 6.34. The topological polar surface area (TPSA) is 60.0 Å². The molecule has 2 amide bonds. The summed E-state index contributed by atoms with van der Waals surface area (Å²) in [6, 6.07) is 3.46. The van der Waals surface area contributed by atoms with Crippen LogP contribution in [0.15, 0.2) is 16.6 Å². The minimum atomic E-state index is -0.139. The zero-order chi connectivity index (χ0) is 15.7. The van der Waals surface area contributed by atoms with Gasteiger partial charge in [0.2, 0.25) is 0 Å². The average molecular weight is 371 g/mol. The van der Waals surface area contributed by atoms with Gasteiger partial charge in [-0.15, -0.1) is 0 Å². The van der Waals surface area contributed by atoms with Crippen molar-refractivity contribution in [1.82, 2.24) is 4.90 Å². The first kappa shape index (κ1) is 15.4. The van der Waals surface area contributed by atoms with Crippen LogP contribution in [0.5, 0.6) is 11.5 Å². The van der Waals surface area contributed by atoms with E-state index in [0.29, 0.717) is 43.5 Å². The van der Waals surface area contributed by atoms with E-state index in [4.69, 9.17) is 14.2 Å². The summed E-state index contributed by atoms with van der Waals surface area (Å²) in [5.41, 5.74) is 0.668. The smallest absolute Gasteiger partial charge is 0.322 e. The third-order valence-electron chi connectivity index (χ3n) is 3.58. The molecule has 0 aliphatic carbocycles. The molecule has 0 bridgehead atoms. The number of carbonyl (C=O) groups is 1. The van der Waals surface area contributed by atoms with E-state index in [-0.39, 0.29) is 18.2 Å². The fourth-order valence-corrected chi connectivity index (χ4v) is 3.12. The predicted molar refractivity (Wildman–Crippen MR) is 85.7 cm³/mol. The highest BCUT2D eigenvalue weighted by atomic mass is 79.9. The number of hydrogen-bond donors (Lipinski definition) is 1. The van der Waals surface area contributed by atoms with E-state index in [0.717, 1.165) is 4.47 Å². The molecule has 7 heteroatoms. The number of urea groups is 1. The summed E-state index contributed by atoms with van der Waals surface area (Å²) in [5, 5.41) is 2.92. The van der Waals surface area contributed by atoms with Crippen LogP contribution in [0.4, 0.5) is 10.5 Å². The molecular formula is C15H19BrN2O4. The summed E-state index contributed by atoms with van der Waals surface area (Å²) >= 11 is 3.46. The zero-order valence-electron chi connectivity index (χ0n) is 12.6. The molecule has 2 atom stereocenters. The van der Waals surface area contributed by atoms with Crippen molar-refractivity contribution in [3.63, 3.8) is 0 Å². The van der Waals surface area contributed by atoms with Gasteiger partial charge < -0.3 is 24.4 Å². The summed E-state index contributed by atoms with van der Waals surface area (Å²) in [6.07, 6.45) is 0.0800. The van der Waals surface area contributed by atoms with Crippen LogP contribution in [0.25, 0.3) is 0 Å². The van der Waals surface area contributed by atoms with Crippen LogP contribution in [0.1, 0.15) is 13.8 Å².